The molecular formula is C16H19FN2O5S. The van der Waals surface area contributed by atoms with Crippen molar-refractivity contribution in [3.8, 4) is 5.75 Å². The molecule has 1 unspecified atom stereocenters. The maximum Gasteiger partial charge on any atom is 0.332 e. The summed E-state index contributed by atoms with van der Waals surface area (Å²) in [6, 6.07) is 4.20. The van der Waals surface area contributed by atoms with E-state index in [1.807, 2.05) is 0 Å². The lowest BCUT2D eigenvalue weighted by atomic mass is 9.90. The minimum Gasteiger partial charge on any atom is -0.481 e. The van der Waals surface area contributed by atoms with Gasteiger partial charge in [0.15, 0.2) is 6.10 Å². The first-order valence-corrected chi connectivity index (χ1v) is 9.52. The van der Waals surface area contributed by atoms with Crippen molar-refractivity contribution in [2.75, 3.05) is 13.1 Å². The van der Waals surface area contributed by atoms with Crippen molar-refractivity contribution in [2.45, 2.75) is 42.6 Å². The summed E-state index contributed by atoms with van der Waals surface area (Å²) < 4.78 is 42.5. The van der Waals surface area contributed by atoms with Crippen LogP contribution in [0.15, 0.2) is 23.1 Å². The summed E-state index contributed by atoms with van der Waals surface area (Å²) in [5.74, 6) is -0.920. The third-order valence-corrected chi connectivity index (χ3v) is 5.37. The number of piperidine rings is 2. The first-order valence-electron chi connectivity index (χ1n) is 8.14. The third-order valence-electron chi connectivity index (χ3n) is 4.49. The number of carbonyl (C=O) groups is 2. The lowest BCUT2D eigenvalue weighted by molar-refractivity contribution is -0.138. The van der Waals surface area contributed by atoms with Crippen LogP contribution in [-0.4, -0.2) is 39.4 Å². The zero-order valence-electron chi connectivity index (χ0n) is 13.5. The van der Waals surface area contributed by atoms with Crippen molar-refractivity contribution in [1.29, 1.82) is 0 Å². The molecule has 0 bridgehead atoms. The maximum atomic E-state index is 13.8. The number of halogens is 1. The molecule has 2 amide bonds. The smallest absolute Gasteiger partial charge is 0.332 e. The summed E-state index contributed by atoms with van der Waals surface area (Å²) >= 11 is 0. The van der Waals surface area contributed by atoms with Gasteiger partial charge in [-0.3, -0.25) is 14.9 Å². The SMILES string of the molecule is O=C1CCC(Oc2ccc(C3CCNCC3)c(S(=O)(=O)F)c2)C(=O)N1. The van der Waals surface area contributed by atoms with Gasteiger partial charge in [-0.1, -0.05) is 6.07 Å². The molecule has 0 radical (unpaired) electrons. The second kappa shape index (κ2) is 7.09. The summed E-state index contributed by atoms with van der Waals surface area (Å²) in [6.07, 6.45) is 0.861. The van der Waals surface area contributed by atoms with Crippen LogP contribution >= 0.6 is 0 Å². The molecule has 2 fully saturated rings. The fourth-order valence-corrected chi connectivity index (χ4v) is 3.99. The molecule has 0 saturated carbocycles. The standard InChI is InChI=1S/C16H19FN2O5S/c17-25(22,23)14-9-11(24-13-3-4-15(20)19-16(13)21)1-2-12(14)10-5-7-18-8-6-10/h1-2,9-10,13,18H,3-8H2,(H,19,20,21). The van der Waals surface area contributed by atoms with Crippen LogP contribution in [0.1, 0.15) is 37.2 Å². The number of ether oxygens (including phenoxy) is 1. The van der Waals surface area contributed by atoms with Crippen molar-refractivity contribution >= 4 is 22.0 Å². The topological polar surface area (TPSA) is 102 Å². The van der Waals surface area contributed by atoms with Gasteiger partial charge in [0.05, 0.1) is 0 Å². The first kappa shape index (κ1) is 17.8. The predicted molar refractivity (Wildman–Crippen MR) is 86.4 cm³/mol. The van der Waals surface area contributed by atoms with Crippen LogP contribution in [0, 0.1) is 0 Å². The Morgan fingerprint density at radius 2 is 1.84 bits per heavy atom. The highest BCUT2D eigenvalue weighted by Crippen LogP contribution is 2.34. The van der Waals surface area contributed by atoms with E-state index in [-0.39, 0.29) is 30.4 Å². The zero-order chi connectivity index (χ0) is 18.0. The van der Waals surface area contributed by atoms with E-state index in [1.54, 1.807) is 6.07 Å². The highest BCUT2D eigenvalue weighted by atomic mass is 32.3. The Morgan fingerprint density at radius 3 is 2.48 bits per heavy atom. The monoisotopic (exact) mass is 370 g/mol. The minimum atomic E-state index is -4.92. The molecule has 2 N–H and O–H groups in total. The van der Waals surface area contributed by atoms with Crippen LogP contribution in [0.4, 0.5) is 3.89 Å². The molecule has 136 valence electrons. The average Bonchev–Trinajstić information content (AvgIpc) is 2.57. The number of hydrogen-bond donors (Lipinski definition) is 2. The predicted octanol–water partition coefficient (Wildman–Crippen LogP) is 0.996. The Labute approximate surface area is 145 Å². The Morgan fingerprint density at radius 1 is 1.12 bits per heavy atom. The van der Waals surface area contributed by atoms with E-state index in [9.17, 15) is 21.9 Å². The van der Waals surface area contributed by atoms with Crippen molar-refractivity contribution in [3.05, 3.63) is 23.8 Å². The number of amides is 2. The first-order chi connectivity index (χ1) is 11.8. The number of imide groups is 1. The summed E-state index contributed by atoms with van der Waals surface area (Å²) in [6.45, 7) is 1.48. The molecule has 3 rings (SSSR count). The molecule has 7 nitrogen and oxygen atoms in total. The molecule has 1 aromatic rings. The van der Waals surface area contributed by atoms with Crippen LogP contribution in [-0.2, 0) is 19.8 Å². The Bertz CT molecular complexity index is 790. The quantitative estimate of drug-likeness (QED) is 0.606. The van der Waals surface area contributed by atoms with Gasteiger partial charge >= 0.3 is 10.2 Å². The van der Waals surface area contributed by atoms with Crippen LogP contribution in [0.5, 0.6) is 5.75 Å². The lowest BCUT2D eigenvalue weighted by Gasteiger charge is -2.25. The van der Waals surface area contributed by atoms with Gasteiger partial charge in [0.25, 0.3) is 5.91 Å². The van der Waals surface area contributed by atoms with Gasteiger partial charge in [0, 0.05) is 18.9 Å². The highest BCUT2D eigenvalue weighted by molar-refractivity contribution is 7.86. The minimum absolute atomic E-state index is 0.0496. The number of carbonyl (C=O) groups excluding carboxylic acids is 2. The largest absolute Gasteiger partial charge is 0.481 e. The van der Waals surface area contributed by atoms with Crippen molar-refractivity contribution < 1.29 is 26.6 Å². The summed E-state index contributed by atoms with van der Waals surface area (Å²) in [4.78, 5) is 22.5. The lowest BCUT2D eigenvalue weighted by Crippen LogP contribution is -2.46. The number of hydrogen-bond acceptors (Lipinski definition) is 6. The van der Waals surface area contributed by atoms with Gasteiger partial charge in [-0.2, -0.15) is 8.42 Å². The molecular weight excluding hydrogens is 351 g/mol. The summed E-state index contributed by atoms with van der Waals surface area (Å²) in [7, 11) is -4.92. The van der Waals surface area contributed by atoms with Crippen LogP contribution in [0.3, 0.4) is 0 Å². The number of rotatable bonds is 4. The van der Waals surface area contributed by atoms with Gasteiger partial charge in [-0.05, 0) is 43.5 Å². The third kappa shape index (κ3) is 4.16. The Hall–Kier alpha value is -2.00. The maximum absolute atomic E-state index is 13.8. The van der Waals surface area contributed by atoms with Gasteiger partial charge < -0.3 is 10.1 Å². The summed E-state index contributed by atoms with van der Waals surface area (Å²) in [5.41, 5.74) is 0.430. The molecule has 9 heteroatoms. The molecule has 0 spiro atoms. The van der Waals surface area contributed by atoms with Gasteiger partial charge in [0.2, 0.25) is 5.91 Å². The molecule has 0 aromatic heterocycles. The average molecular weight is 370 g/mol. The van der Waals surface area contributed by atoms with Crippen molar-refractivity contribution in [2.24, 2.45) is 0 Å². The fraction of sp³-hybridized carbons (Fsp3) is 0.500. The van der Waals surface area contributed by atoms with E-state index < -0.39 is 27.1 Å². The van der Waals surface area contributed by atoms with Crippen molar-refractivity contribution in [1.82, 2.24) is 10.6 Å². The van der Waals surface area contributed by atoms with Crippen LogP contribution in [0.2, 0.25) is 0 Å². The number of benzene rings is 1. The van der Waals surface area contributed by atoms with E-state index in [1.165, 1.54) is 6.07 Å². The van der Waals surface area contributed by atoms with E-state index in [4.69, 9.17) is 4.74 Å². The van der Waals surface area contributed by atoms with E-state index >= 15 is 0 Å². The Balaban J connectivity index is 1.86. The fourth-order valence-electron chi connectivity index (χ4n) is 3.22. The van der Waals surface area contributed by atoms with Crippen LogP contribution < -0.4 is 15.4 Å². The second-order valence-electron chi connectivity index (χ2n) is 6.22. The molecule has 2 saturated heterocycles. The molecule has 2 aliphatic heterocycles. The Kier molecular flexibility index (Phi) is 5.05. The van der Waals surface area contributed by atoms with E-state index in [0.717, 1.165) is 32.0 Å². The molecule has 1 aromatic carbocycles. The molecule has 0 aliphatic carbocycles. The normalized spacial score (nSPS) is 22.5. The van der Waals surface area contributed by atoms with Crippen molar-refractivity contribution in [3.63, 3.8) is 0 Å². The summed E-state index contributed by atoms with van der Waals surface area (Å²) in [5, 5.41) is 5.33. The zero-order valence-corrected chi connectivity index (χ0v) is 14.3. The molecule has 1 atom stereocenters. The van der Waals surface area contributed by atoms with Gasteiger partial charge in [0.1, 0.15) is 10.6 Å². The van der Waals surface area contributed by atoms with E-state index in [0.29, 0.717) is 5.56 Å². The van der Waals surface area contributed by atoms with E-state index in [2.05, 4.69) is 10.6 Å². The molecule has 2 aliphatic rings. The molecule has 25 heavy (non-hydrogen) atoms. The van der Waals surface area contributed by atoms with Gasteiger partial charge in [-0.25, -0.2) is 0 Å². The van der Waals surface area contributed by atoms with Crippen LogP contribution in [0.25, 0.3) is 0 Å². The highest BCUT2D eigenvalue weighted by Gasteiger charge is 2.30. The number of nitrogens with one attached hydrogen (secondary N) is 2. The molecule has 2 heterocycles. The van der Waals surface area contributed by atoms with Gasteiger partial charge in [-0.15, -0.1) is 3.89 Å². The second-order valence-corrected chi connectivity index (χ2v) is 7.53.